The fourth-order valence-corrected chi connectivity index (χ4v) is 0.383. The van der Waals surface area contributed by atoms with Crippen LogP contribution in [0.15, 0.2) is 11.7 Å². The van der Waals surface area contributed by atoms with Gasteiger partial charge in [0.15, 0.2) is 0 Å². The van der Waals surface area contributed by atoms with Gasteiger partial charge in [-0.15, -0.1) is 0 Å². The average molecular weight is 174 g/mol. The van der Waals surface area contributed by atoms with Crippen molar-refractivity contribution in [3.8, 4) is 0 Å². The fraction of sp³-hybridized carbons (Fsp3) is 0.400. The molecule has 0 aliphatic carbocycles. The van der Waals surface area contributed by atoms with E-state index in [4.69, 9.17) is 0 Å². The van der Waals surface area contributed by atoms with E-state index in [1.165, 1.54) is 0 Å². The highest BCUT2D eigenvalue weighted by atomic mass is 19.4. The van der Waals surface area contributed by atoms with Gasteiger partial charge < -0.3 is 4.79 Å². The Bertz CT molecular complexity index is 176. The van der Waals surface area contributed by atoms with Crippen LogP contribution in [0, 0.1) is 0 Å². The van der Waals surface area contributed by atoms with Crippen LogP contribution >= 0.6 is 0 Å². The van der Waals surface area contributed by atoms with Crippen molar-refractivity contribution in [1.82, 2.24) is 0 Å². The first-order valence-corrected chi connectivity index (χ1v) is 2.44. The molecule has 0 aromatic heterocycles. The second-order valence-corrected chi connectivity index (χ2v) is 1.61. The molecule has 0 rings (SSSR count). The van der Waals surface area contributed by atoms with E-state index in [0.29, 0.717) is 0 Å². The monoisotopic (exact) mass is 174 g/mol. The minimum absolute atomic E-state index is 0.220. The number of hydrogen-bond donors (Lipinski definition) is 0. The molecule has 0 saturated carbocycles. The Balaban J connectivity index is 4.63. The van der Waals surface area contributed by atoms with Crippen LogP contribution in [0.1, 0.15) is 6.42 Å². The first-order valence-electron chi connectivity index (χ1n) is 2.44. The Morgan fingerprint density at radius 1 is 1.27 bits per heavy atom. The number of rotatable bonds is 2. The molecule has 0 atom stereocenters. The van der Waals surface area contributed by atoms with Gasteiger partial charge in [-0.3, -0.25) is 0 Å². The molecule has 64 valence electrons. The average Bonchev–Trinajstić information content (AvgIpc) is 1.79. The van der Waals surface area contributed by atoms with Crippen LogP contribution in [0.4, 0.5) is 22.0 Å². The molecular formula is C5H3F5O. The molecule has 0 fully saturated rings. The van der Waals surface area contributed by atoms with E-state index >= 15 is 0 Å². The molecule has 0 aromatic rings. The second-order valence-electron chi connectivity index (χ2n) is 1.61. The van der Waals surface area contributed by atoms with Gasteiger partial charge in [0.1, 0.15) is 11.9 Å². The summed E-state index contributed by atoms with van der Waals surface area (Å²) in [7, 11) is 0. The highest BCUT2D eigenvalue weighted by Crippen LogP contribution is 2.30. The van der Waals surface area contributed by atoms with Crippen molar-refractivity contribution in [2.75, 3.05) is 0 Å². The van der Waals surface area contributed by atoms with Crippen LogP contribution in [0.5, 0.6) is 0 Å². The molecule has 6 heteroatoms. The molecule has 0 radical (unpaired) electrons. The van der Waals surface area contributed by atoms with E-state index in [2.05, 4.69) is 0 Å². The van der Waals surface area contributed by atoms with Gasteiger partial charge in [-0.25, -0.2) is 0 Å². The number of alkyl halides is 3. The van der Waals surface area contributed by atoms with Crippen LogP contribution < -0.4 is 0 Å². The maximum atomic E-state index is 11.5. The van der Waals surface area contributed by atoms with Gasteiger partial charge in [0, 0.05) is 6.42 Å². The summed E-state index contributed by atoms with van der Waals surface area (Å²) in [6.45, 7) is 0. The van der Waals surface area contributed by atoms with Crippen molar-refractivity contribution in [2.45, 2.75) is 12.6 Å². The molecule has 1 nitrogen and oxygen atoms in total. The zero-order valence-corrected chi connectivity index (χ0v) is 5.08. The highest BCUT2D eigenvalue weighted by Gasteiger charge is 2.37. The van der Waals surface area contributed by atoms with Gasteiger partial charge in [0.25, 0.3) is 6.08 Å². The minimum atomic E-state index is -5.11. The number of halogens is 5. The maximum Gasteiger partial charge on any atom is 0.418 e. The van der Waals surface area contributed by atoms with Gasteiger partial charge in [-0.2, -0.15) is 22.0 Å². The quantitative estimate of drug-likeness (QED) is 0.463. The Kier molecular flexibility index (Phi) is 3.16. The van der Waals surface area contributed by atoms with E-state index < -0.39 is 24.3 Å². The molecular weight excluding hydrogens is 171 g/mol. The van der Waals surface area contributed by atoms with E-state index in [-0.39, 0.29) is 6.29 Å². The molecule has 0 amide bonds. The fourth-order valence-electron chi connectivity index (χ4n) is 0.383. The summed E-state index contributed by atoms with van der Waals surface area (Å²) in [4.78, 5) is 9.50. The largest absolute Gasteiger partial charge is 0.418 e. The lowest BCUT2D eigenvalue weighted by Crippen LogP contribution is -2.13. The maximum absolute atomic E-state index is 11.5. The zero-order chi connectivity index (χ0) is 9.07. The second kappa shape index (κ2) is 3.45. The van der Waals surface area contributed by atoms with Crippen LogP contribution in [0.25, 0.3) is 0 Å². The Morgan fingerprint density at radius 2 is 1.73 bits per heavy atom. The van der Waals surface area contributed by atoms with Crippen LogP contribution in [-0.2, 0) is 4.79 Å². The van der Waals surface area contributed by atoms with Gasteiger partial charge in [-0.05, 0) is 0 Å². The predicted octanol–water partition coefficient (Wildman–Crippen LogP) is 2.29. The third-order valence-electron chi connectivity index (χ3n) is 0.858. The summed E-state index contributed by atoms with van der Waals surface area (Å²) in [5, 5.41) is 0. The van der Waals surface area contributed by atoms with Crippen LogP contribution in [0.3, 0.4) is 0 Å². The number of allylic oxidation sites excluding steroid dienone is 1. The zero-order valence-electron chi connectivity index (χ0n) is 5.08. The SMILES string of the molecule is O=CCC(=C(F)F)C(F)(F)F. The topological polar surface area (TPSA) is 17.1 Å². The molecule has 0 unspecified atom stereocenters. The van der Waals surface area contributed by atoms with Crippen LogP contribution in [0.2, 0.25) is 0 Å². The molecule has 0 aliphatic rings. The van der Waals surface area contributed by atoms with Crippen molar-refractivity contribution in [1.29, 1.82) is 0 Å². The van der Waals surface area contributed by atoms with E-state index in [1.54, 1.807) is 0 Å². The Hall–Kier alpha value is -0.940. The molecule has 0 saturated heterocycles. The summed E-state index contributed by atoms with van der Waals surface area (Å²) in [6.07, 6.45) is -9.49. The molecule has 0 aliphatic heterocycles. The summed E-state index contributed by atoms with van der Waals surface area (Å²) in [5.41, 5.74) is -2.08. The molecule has 0 bridgehead atoms. The number of aldehydes is 1. The minimum Gasteiger partial charge on any atom is -0.303 e. The lowest BCUT2D eigenvalue weighted by atomic mass is 10.2. The van der Waals surface area contributed by atoms with Crippen molar-refractivity contribution in [2.24, 2.45) is 0 Å². The number of carbonyl (C=O) groups is 1. The summed E-state index contributed by atoms with van der Waals surface area (Å²) in [5.74, 6) is 0. The van der Waals surface area contributed by atoms with Gasteiger partial charge in [-0.1, -0.05) is 0 Å². The van der Waals surface area contributed by atoms with Crippen molar-refractivity contribution >= 4 is 6.29 Å². The smallest absolute Gasteiger partial charge is 0.303 e. The molecule has 0 heterocycles. The summed E-state index contributed by atoms with van der Waals surface area (Å²) < 4.78 is 57.1. The van der Waals surface area contributed by atoms with E-state index in [9.17, 15) is 26.7 Å². The molecule has 0 N–H and O–H groups in total. The molecule has 0 spiro atoms. The molecule has 11 heavy (non-hydrogen) atoms. The summed E-state index contributed by atoms with van der Waals surface area (Å²) >= 11 is 0. The lowest BCUT2D eigenvalue weighted by molar-refractivity contribution is -0.114. The third-order valence-corrected chi connectivity index (χ3v) is 0.858. The first-order chi connectivity index (χ1) is 4.89. The summed E-state index contributed by atoms with van der Waals surface area (Å²) in [6, 6.07) is 0. The van der Waals surface area contributed by atoms with E-state index in [1.807, 2.05) is 0 Å². The van der Waals surface area contributed by atoms with Gasteiger partial charge in [0.2, 0.25) is 0 Å². The number of carbonyl (C=O) groups excluding carboxylic acids is 1. The van der Waals surface area contributed by atoms with Crippen LogP contribution in [-0.4, -0.2) is 12.5 Å². The standard InChI is InChI=1S/C5H3F5O/c6-4(7)3(1-2-11)5(8,9)10/h2H,1H2. The highest BCUT2D eigenvalue weighted by molar-refractivity contribution is 5.55. The lowest BCUT2D eigenvalue weighted by Gasteiger charge is -2.05. The van der Waals surface area contributed by atoms with Gasteiger partial charge in [0.05, 0.1) is 0 Å². The van der Waals surface area contributed by atoms with Crippen molar-refractivity contribution < 1.29 is 26.7 Å². The van der Waals surface area contributed by atoms with Gasteiger partial charge >= 0.3 is 6.18 Å². The Morgan fingerprint density at radius 3 is 1.82 bits per heavy atom. The van der Waals surface area contributed by atoms with Crippen molar-refractivity contribution in [3.05, 3.63) is 11.7 Å². The third kappa shape index (κ3) is 3.10. The normalized spacial score (nSPS) is 11.0. The molecule has 0 aromatic carbocycles. The Labute approximate surface area is 58.5 Å². The van der Waals surface area contributed by atoms with Crippen molar-refractivity contribution in [3.63, 3.8) is 0 Å². The first kappa shape index (κ1) is 10.1. The number of hydrogen-bond acceptors (Lipinski definition) is 1. The predicted molar refractivity (Wildman–Crippen MR) is 26.0 cm³/mol. The van der Waals surface area contributed by atoms with E-state index in [0.717, 1.165) is 0 Å².